The largest absolute Gasteiger partial charge is 0.454 e. The molecule has 8 nitrogen and oxygen atoms in total. The molecular formula is C29H44N2O6. The van der Waals surface area contributed by atoms with E-state index in [0.717, 1.165) is 38.5 Å². The van der Waals surface area contributed by atoms with E-state index in [1.165, 1.54) is 37.2 Å². The van der Waals surface area contributed by atoms with Crippen molar-refractivity contribution in [2.45, 2.75) is 103 Å². The van der Waals surface area contributed by atoms with Gasteiger partial charge in [0, 0.05) is 6.42 Å². The van der Waals surface area contributed by atoms with Gasteiger partial charge in [0.25, 0.3) is 0 Å². The minimum absolute atomic E-state index is 0.000761. The van der Waals surface area contributed by atoms with Crippen LogP contribution in [0.4, 0.5) is 0 Å². The zero-order valence-electron chi connectivity index (χ0n) is 22.2. The van der Waals surface area contributed by atoms with E-state index in [-0.39, 0.29) is 41.3 Å². The maximum atomic E-state index is 12.4. The number of fused-ring (bicyclic) bond motifs is 5. The lowest BCUT2D eigenvalue weighted by Crippen LogP contribution is -2.58. The summed E-state index contributed by atoms with van der Waals surface area (Å²) >= 11 is 0. The average molecular weight is 517 g/mol. The number of aliphatic hydroxyl groups is 2. The van der Waals surface area contributed by atoms with Crippen molar-refractivity contribution in [2.24, 2.45) is 40.4 Å². The standard InChI is InChI=1S/C29H44N2O6/c1-28-13-11-22-26(23(33)15-18-14-19(32)10-12-29(18,22)2)21(28)8-6-17(28)4-3-5-25(34)30-16-20-7-9-24(37-20)27(35)31-36/h7,9,17-19,21-23,26,32-33,36H,3-6,8,10-16H2,1-2H3,(H,30,34)(H,31,35)/t17-,18-,19+,21-,22?,23-,26-,28+,29-/m0/s1. The number of hydrogen-bond acceptors (Lipinski definition) is 6. The molecule has 0 spiro atoms. The summed E-state index contributed by atoms with van der Waals surface area (Å²) in [5, 5.41) is 33.2. The maximum absolute atomic E-state index is 12.4. The Morgan fingerprint density at radius 1 is 1.03 bits per heavy atom. The number of furan rings is 1. The van der Waals surface area contributed by atoms with Crippen molar-refractivity contribution >= 4 is 11.8 Å². The van der Waals surface area contributed by atoms with Gasteiger partial charge in [0.2, 0.25) is 5.91 Å². The highest BCUT2D eigenvalue weighted by atomic mass is 16.5. The molecule has 206 valence electrons. The fourth-order valence-electron chi connectivity index (χ4n) is 9.22. The highest BCUT2D eigenvalue weighted by Crippen LogP contribution is 2.67. The number of nitrogens with one attached hydrogen (secondary N) is 2. The first-order chi connectivity index (χ1) is 17.7. The molecule has 0 saturated heterocycles. The molecule has 5 rings (SSSR count). The summed E-state index contributed by atoms with van der Waals surface area (Å²) in [7, 11) is 0. The summed E-state index contributed by atoms with van der Waals surface area (Å²) in [6.45, 7) is 5.11. The number of hydrogen-bond donors (Lipinski definition) is 5. The molecule has 4 aliphatic carbocycles. The maximum Gasteiger partial charge on any atom is 0.310 e. The van der Waals surface area contributed by atoms with Crippen molar-refractivity contribution in [3.05, 3.63) is 23.7 Å². The Kier molecular flexibility index (Phi) is 7.46. The van der Waals surface area contributed by atoms with E-state index < -0.39 is 5.91 Å². The number of carbonyl (C=O) groups is 2. The molecular weight excluding hydrogens is 472 g/mol. The molecule has 8 heteroatoms. The Labute approximate surface area is 219 Å². The van der Waals surface area contributed by atoms with Crippen LogP contribution < -0.4 is 10.8 Å². The van der Waals surface area contributed by atoms with E-state index in [9.17, 15) is 19.8 Å². The lowest BCUT2D eigenvalue weighted by atomic mass is 9.44. The molecule has 37 heavy (non-hydrogen) atoms. The number of carbonyl (C=O) groups excluding carboxylic acids is 2. The third-order valence-corrected chi connectivity index (χ3v) is 11.3. The first-order valence-corrected chi connectivity index (χ1v) is 14.3. The van der Waals surface area contributed by atoms with Crippen LogP contribution in [0.1, 0.15) is 101 Å². The van der Waals surface area contributed by atoms with Crippen LogP contribution in [0.3, 0.4) is 0 Å². The normalized spacial score (nSPS) is 40.8. The molecule has 0 radical (unpaired) electrons. The zero-order chi connectivity index (χ0) is 26.4. The lowest BCUT2D eigenvalue weighted by molar-refractivity contribution is -0.172. The number of aliphatic hydroxyl groups excluding tert-OH is 2. The predicted octanol–water partition coefficient (Wildman–Crippen LogP) is 4.18. The van der Waals surface area contributed by atoms with Gasteiger partial charge >= 0.3 is 5.91 Å². The van der Waals surface area contributed by atoms with Crippen LogP contribution in [0.15, 0.2) is 16.5 Å². The Morgan fingerprint density at radius 3 is 2.57 bits per heavy atom. The van der Waals surface area contributed by atoms with Crippen molar-refractivity contribution < 1.29 is 29.4 Å². The van der Waals surface area contributed by atoms with Crippen LogP contribution in [0, 0.1) is 40.4 Å². The summed E-state index contributed by atoms with van der Waals surface area (Å²) in [6.07, 6.45) is 10.3. The molecule has 4 fully saturated rings. The molecule has 1 unspecified atom stereocenters. The van der Waals surface area contributed by atoms with Gasteiger partial charge in [-0.25, -0.2) is 5.48 Å². The minimum atomic E-state index is -0.720. The van der Waals surface area contributed by atoms with Gasteiger partial charge in [-0.05, 0) is 117 Å². The second kappa shape index (κ2) is 10.3. The van der Waals surface area contributed by atoms with Gasteiger partial charge < -0.3 is 19.9 Å². The van der Waals surface area contributed by atoms with Crippen molar-refractivity contribution in [1.29, 1.82) is 0 Å². The van der Waals surface area contributed by atoms with Gasteiger partial charge in [0.05, 0.1) is 18.8 Å². The van der Waals surface area contributed by atoms with Gasteiger partial charge in [-0.3, -0.25) is 14.8 Å². The van der Waals surface area contributed by atoms with Crippen LogP contribution >= 0.6 is 0 Å². The molecule has 1 aromatic rings. The monoisotopic (exact) mass is 516 g/mol. The van der Waals surface area contributed by atoms with E-state index in [2.05, 4.69) is 19.2 Å². The molecule has 0 bridgehead atoms. The van der Waals surface area contributed by atoms with Crippen molar-refractivity contribution in [2.75, 3.05) is 0 Å². The summed E-state index contributed by atoms with van der Waals surface area (Å²) < 4.78 is 5.32. The molecule has 0 aliphatic heterocycles. The summed E-state index contributed by atoms with van der Waals surface area (Å²) in [4.78, 5) is 23.8. The highest BCUT2D eigenvalue weighted by Gasteiger charge is 2.62. The Morgan fingerprint density at radius 2 is 1.78 bits per heavy atom. The van der Waals surface area contributed by atoms with Crippen molar-refractivity contribution in [3.8, 4) is 0 Å². The van der Waals surface area contributed by atoms with E-state index in [4.69, 9.17) is 9.62 Å². The predicted molar refractivity (Wildman–Crippen MR) is 136 cm³/mol. The van der Waals surface area contributed by atoms with Gasteiger partial charge in [0.15, 0.2) is 5.76 Å². The van der Waals surface area contributed by atoms with Crippen molar-refractivity contribution in [3.63, 3.8) is 0 Å². The van der Waals surface area contributed by atoms with E-state index >= 15 is 0 Å². The number of amides is 2. The third kappa shape index (κ3) is 4.85. The first kappa shape index (κ1) is 26.7. The molecule has 2 amide bonds. The molecule has 0 aromatic carbocycles. The van der Waals surface area contributed by atoms with Crippen LogP contribution in [-0.4, -0.2) is 39.4 Å². The third-order valence-electron chi connectivity index (χ3n) is 11.3. The molecule has 1 aromatic heterocycles. The Balaban J connectivity index is 1.14. The highest BCUT2D eigenvalue weighted by molar-refractivity contribution is 5.90. The second-order valence-corrected chi connectivity index (χ2v) is 12.9. The smallest absolute Gasteiger partial charge is 0.310 e. The molecule has 9 atom stereocenters. The zero-order valence-corrected chi connectivity index (χ0v) is 22.2. The minimum Gasteiger partial charge on any atom is -0.454 e. The van der Waals surface area contributed by atoms with E-state index in [1.54, 1.807) is 6.07 Å². The van der Waals surface area contributed by atoms with E-state index in [0.29, 0.717) is 41.8 Å². The number of hydroxylamine groups is 1. The fourth-order valence-corrected chi connectivity index (χ4v) is 9.22. The molecule has 4 aliphatic rings. The van der Waals surface area contributed by atoms with Gasteiger partial charge in [-0.1, -0.05) is 13.8 Å². The van der Waals surface area contributed by atoms with Crippen LogP contribution in [-0.2, 0) is 11.3 Å². The summed E-state index contributed by atoms with van der Waals surface area (Å²) in [5.74, 6) is 2.21. The average Bonchev–Trinajstić information content (AvgIpc) is 3.48. The van der Waals surface area contributed by atoms with Crippen LogP contribution in [0.2, 0.25) is 0 Å². The Hall–Kier alpha value is -1.90. The molecule has 5 N–H and O–H groups in total. The van der Waals surface area contributed by atoms with Gasteiger partial charge in [0.1, 0.15) is 5.76 Å². The van der Waals surface area contributed by atoms with Crippen LogP contribution in [0.25, 0.3) is 0 Å². The SMILES string of the molecule is C[C@]12CCC3[C@@H]([C@@H](O)C[C@@H]4C[C@H](O)CC[C@]34C)[C@@H]1CC[C@@H]2CCCC(=O)NCc1ccc(C(=O)NO)o1. The second-order valence-electron chi connectivity index (χ2n) is 12.9. The van der Waals surface area contributed by atoms with E-state index in [1.807, 2.05) is 0 Å². The fraction of sp³-hybridized carbons (Fsp3) is 0.793. The lowest BCUT2D eigenvalue weighted by Gasteiger charge is -2.62. The van der Waals surface area contributed by atoms with Crippen molar-refractivity contribution in [1.82, 2.24) is 10.8 Å². The van der Waals surface area contributed by atoms with Gasteiger partial charge in [-0.15, -0.1) is 0 Å². The first-order valence-electron chi connectivity index (χ1n) is 14.3. The Bertz CT molecular complexity index is 995. The molecule has 4 saturated carbocycles. The number of rotatable bonds is 7. The topological polar surface area (TPSA) is 132 Å². The molecule has 1 heterocycles. The van der Waals surface area contributed by atoms with Crippen LogP contribution in [0.5, 0.6) is 0 Å². The summed E-state index contributed by atoms with van der Waals surface area (Å²) in [5.41, 5.74) is 2.00. The van der Waals surface area contributed by atoms with Gasteiger partial charge in [-0.2, -0.15) is 0 Å². The quantitative estimate of drug-likeness (QED) is 0.273. The summed E-state index contributed by atoms with van der Waals surface area (Å²) in [6, 6.07) is 3.07.